The first-order valence-corrected chi connectivity index (χ1v) is 14.8. The molecule has 0 aliphatic carbocycles. The van der Waals surface area contributed by atoms with Crippen molar-refractivity contribution in [3.63, 3.8) is 0 Å². The number of aromatic nitrogens is 2. The van der Waals surface area contributed by atoms with Gasteiger partial charge in [-0.3, -0.25) is 0 Å². The second kappa shape index (κ2) is 14.0. The number of benzene rings is 4. The zero-order chi connectivity index (χ0) is 33.7. The number of pyridine rings is 2. The van der Waals surface area contributed by atoms with Crippen molar-refractivity contribution in [1.29, 1.82) is 0 Å². The molecule has 0 atom stereocenters. The van der Waals surface area contributed by atoms with Gasteiger partial charge in [0.2, 0.25) is 0 Å². The molecule has 0 unspecified atom stereocenters. The first-order chi connectivity index (χ1) is 23.0. The lowest BCUT2D eigenvalue weighted by Crippen LogP contribution is -2.17. The summed E-state index contributed by atoms with van der Waals surface area (Å²) in [7, 11) is 0. The number of nitrogens with zero attached hydrogens (tertiary/aromatic N) is 2. The van der Waals surface area contributed by atoms with E-state index < -0.39 is 12.7 Å². The Morgan fingerprint density at radius 3 is 1.29 bits per heavy atom. The summed E-state index contributed by atoms with van der Waals surface area (Å²) in [5.74, 6) is -0.688. The van der Waals surface area contributed by atoms with Gasteiger partial charge < -0.3 is 29.6 Å². The van der Waals surface area contributed by atoms with Crippen LogP contribution in [-0.2, 0) is 9.47 Å². The third-order valence-electron chi connectivity index (χ3n) is 7.24. The molecule has 4 aromatic carbocycles. The summed E-state index contributed by atoms with van der Waals surface area (Å²) in [6.07, 6.45) is -9.64. The fourth-order valence-electron chi connectivity index (χ4n) is 5.33. The third kappa shape index (κ3) is 8.06. The highest BCUT2D eigenvalue weighted by Crippen LogP contribution is 2.36. The largest absolute Gasteiger partial charge is 0.573 e. The summed E-state index contributed by atoms with van der Waals surface area (Å²) < 4.78 is 96.7. The van der Waals surface area contributed by atoms with E-state index in [2.05, 4.69) is 30.1 Å². The number of halogens is 6. The molecule has 0 spiro atoms. The van der Waals surface area contributed by atoms with Crippen LogP contribution in [0.5, 0.6) is 11.5 Å². The Bertz CT molecular complexity index is 1910. The molecule has 2 heterocycles. The lowest BCUT2D eigenvalue weighted by atomic mass is 10.1. The highest BCUT2D eigenvalue weighted by atomic mass is 19.4. The van der Waals surface area contributed by atoms with Crippen molar-refractivity contribution in [3.8, 4) is 11.5 Å². The maximum atomic E-state index is 12.8. The molecule has 2 aromatic heterocycles. The van der Waals surface area contributed by atoms with Gasteiger partial charge in [0, 0.05) is 34.6 Å². The van der Waals surface area contributed by atoms with Gasteiger partial charge in [0.15, 0.2) is 0 Å². The van der Waals surface area contributed by atoms with E-state index in [1.54, 1.807) is 0 Å². The van der Waals surface area contributed by atoms with E-state index in [4.69, 9.17) is 9.47 Å². The first-order valence-electron chi connectivity index (χ1n) is 14.8. The highest BCUT2D eigenvalue weighted by Gasteiger charge is 2.32. The number of anilines is 2. The Balaban J connectivity index is 1.01. The molecule has 0 amide bonds. The molecule has 0 saturated carbocycles. The Kier molecular flexibility index (Phi) is 9.55. The Morgan fingerprint density at radius 1 is 0.479 bits per heavy atom. The minimum Gasteiger partial charge on any atom is -0.406 e. The summed E-state index contributed by atoms with van der Waals surface area (Å²) in [5, 5.41) is 8.97. The van der Waals surface area contributed by atoms with Crippen LogP contribution < -0.4 is 20.1 Å². The van der Waals surface area contributed by atoms with E-state index in [-0.39, 0.29) is 37.9 Å². The topological polar surface area (TPSA) is 86.8 Å². The molecule has 0 bridgehead atoms. The summed E-state index contributed by atoms with van der Waals surface area (Å²) in [6.45, 7) is 1.85. The molecule has 6 rings (SSSR count). The van der Waals surface area contributed by atoms with Crippen molar-refractivity contribution in [2.45, 2.75) is 12.7 Å². The molecular weight excluding hydrogens is 642 g/mol. The molecule has 0 saturated heterocycles. The van der Waals surface area contributed by atoms with Gasteiger partial charge in [-0.05, 0) is 48.5 Å². The third-order valence-corrected chi connectivity index (χ3v) is 7.24. The minimum atomic E-state index is -4.82. The fourth-order valence-corrected chi connectivity index (χ4v) is 5.33. The quantitative estimate of drug-likeness (QED) is 0.0720. The number of nitrogens with one attached hydrogen (secondary N) is 2. The SMILES string of the molecule is FC(F)(F)Oc1ccc2nc3ccccc3c(NCCOCCOCCNc3c4ccccc4nc4ccc(OC(F)(F)F)cc34)c2c1. The van der Waals surface area contributed by atoms with Crippen LogP contribution >= 0.6 is 0 Å². The van der Waals surface area contributed by atoms with Gasteiger partial charge in [0.25, 0.3) is 0 Å². The van der Waals surface area contributed by atoms with E-state index in [9.17, 15) is 26.3 Å². The molecule has 8 nitrogen and oxygen atoms in total. The maximum absolute atomic E-state index is 12.8. The smallest absolute Gasteiger partial charge is 0.406 e. The predicted molar refractivity (Wildman–Crippen MR) is 170 cm³/mol. The predicted octanol–water partition coefficient (Wildman–Crippen LogP) is 8.44. The van der Waals surface area contributed by atoms with Gasteiger partial charge in [-0.15, -0.1) is 26.3 Å². The van der Waals surface area contributed by atoms with E-state index in [1.807, 2.05) is 48.5 Å². The van der Waals surface area contributed by atoms with Crippen molar-refractivity contribution in [2.75, 3.05) is 50.2 Å². The van der Waals surface area contributed by atoms with Gasteiger partial charge >= 0.3 is 12.7 Å². The average molecular weight is 671 g/mol. The Hall–Kier alpha value is -5.08. The second-order valence-corrected chi connectivity index (χ2v) is 10.5. The number of rotatable bonds is 13. The first kappa shape index (κ1) is 32.8. The van der Waals surface area contributed by atoms with Crippen LogP contribution in [-0.4, -0.2) is 62.2 Å². The maximum Gasteiger partial charge on any atom is 0.573 e. The summed E-state index contributed by atoms with van der Waals surface area (Å²) in [4.78, 5) is 9.11. The average Bonchev–Trinajstić information content (AvgIpc) is 3.03. The zero-order valence-electron chi connectivity index (χ0n) is 25.1. The van der Waals surface area contributed by atoms with Crippen molar-refractivity contribution in [1.82, 2.24) is 9.97 Å². The molecule has 250 valence electrons. The van der Waals surface area contributed by atoms with Crippen molar-refractivity contribution < 1.29 is 45.3 Å². The lowest BCUT2D eigenvalue weighted by Gasteiger charge is -2.16. The van der Waals surface area contributed by atoms with Crippen LogP contribution in [0.3, 0.4) is 0 Å². The van der Waals surface area contributed by atoms with Gasteiger partial charge in [0.05, 0.1) is 59.9 Å². The van der Waals surface area contributed by atoms with Crippen LogP contribution in [0.25, 0.3) is 43.6 Å². The number of para-hydroxylation sites is 2. The number of hydrogen-bond acceptors (Lipinski definition) is 8. The van der Waals surface area contributed by atoms with Crippen LogP contribution in [0.4, 0.5) is 37.7 Å². The molecule has 2 N–H and O–H groups in total. The molecule has 0 aliphatic rings. The van der Waals surface area contributed by atoms with Crippen molar-refractivity contribution in [3.05, 3.63) is 84.9 Å². The molecular formula is C34H28F6N4O4. The van der Waals surface area contributed by atoms with Crippen molar-refractivity contribution >= 4 is 55.0 Å². The fraction of sp³-hybridized carbons (Fsp3) is 0.235. The van der Waals surface area contributed by atoms with Gasteiger partial charge in [-0.2, -0.15) is 0 Å². The molecule has 0 radical (unpaired) electrons. The molecule has 6 aromatic rings. The standard InChI is InChI=1S/C34H28F6N4O4/c35-33(36,37)47-21-9-11-29-25(19-21)31(23-5-1-3-7-27(23)43-29)41-13-15-45-17-18-46-16-14-42-32-24-6-2-4-8-28(24)44-30-12-10-22(20-26(30)32)48-34(38,39)40/h1-12,19-20H,13-18H2,(H,41,43)(H,42,44). The Morgan fingerprint density at radius 2 is 0.875 bits per heavy atom. The van der Waals surface area contributed by atoms with Crippen LogP contribution in [0.1, 0.15) is 0 Å². The number of alkyl halides is 6. The highest BCUT2D eigenvalue weighted by molar-refractivity contribution is 6.08. The van der Waals surface area contributed by atoms with E-state index in [1.165, 1.54) is 36.4 Å². The monoisotopic (exact) mass is 670 g/mol. The summed E-state index contributed by atoms with van der Waals surface area (Å²) >= 11 is 0. The van der Waals surface area contributed by atoms with E-state index in [0.717, 1.165) is 10.8 Å². The second-order valence-electron chi connectivity index (χ2n) is 10.5. The molecule has 48 heavy (non-hydrogen) atoms. The molecule has 0 fully saturated rings. The summed E-state index contributed by atoms with van der Waals surface area (Å²) in [5.41, 5.74) is 3.61. The number of ether oxygens (including phenoxy) is 4. The normalized spacial score (nSPS) is 12.2. The van der Waals surface area contributed by atoms with Gasteiger partial charge in [-0.1, -0.05) is 36.4 Å². The van der Waals surface area contributed by atoms with Crippen LogP contribution in [0, 0.1) is 0 Å². The van der Waals surface area contributed by atoms with Crippen LogP contribution in [0.15, 0.2) is 84.9 Å². The molecule has 0 aliphatic heterocycles. The van der Waals surface area contributed by atoms with E-state index >= 15 is 0 Å². The van der Waals surface area contributed by atoms with Gasteiger partial charge in [-0.25, -0.2) is 9.97 Å². The molecule has 14 heteroatoms. The number of fused-ring (bicyclic) bond motifs is 4. The van der Waals surface area contributed by atoms with Crippen molar-refractivity contribution in [2.24, 2.45) is 0 Å². The summed E-state index contributed by atoms with van der Waals surface area (Å²) in [6, 6.07) is 22.6. The van der Waals surface area contributed by atoms with Gasteiger partial charge in [0.1, 0.15) is 11.5 Å². The Labute approximate surface area is 269 Å². The van der Waals surface area contributed by atoms with Crippen LogP contribution in [0.2, 0.25) is 0 Å². The lowest BCUT2D eigenvalue weighted by molar-refractivity contribution is -0.275. The number of hydrogen-bond donors (Lipinski definition) is 2. The van der Waals surface area contributed by atoms with E-state index in [0.29, 0.717) is 57.3 Å². The minimum absolute atomic E-state index is 0.280. The zero-order valence-corrected chi connectivity index (χ0v) is 25.1.